The van der Waals surface area contributed by atoms with Crippen molar-refractivity contribution in [2.24, 2.45) is 4.99 Å². The van der Waals surface area contributed by atoms with Gasteiger partial charge < -0.3 is 15.5 Å². The second kappa shape index (κ2) is 13.3. The molecule has 0 radical (unpaired) electrons. The quantitative estimate of drug-likeness (QED) is 0.344. The molecule has 158 valence electrons. The smallest absolute Gasteiger partial charge is 0.225 e. The van der Waals surface area contributed by atoms with Crippen molar-refractivity contribution in [3.05, 3.63) is 18.5 Å². The van der Waals surface area contributed by atoms with Gasteiger partial charge in [0.25, 0.3) is 0 Å². The van der Waals surface area contributed by atoms with Gasteiger partial charge in [-0.15, -0.1) is 0 Å². The van der Waals surface area contributed by atoms with Crippen LogP contribution in [0.3, 0.4) is 0 Å². The van der Waals surface area contributed by atoms with E-state index in [2.05, 4.69) is 51.2 Å². The Morgan fingerprint density at radius 1 is 1.11 bits per heavy atom. The first-order valence-corrected chi connectivity index (χ1v) is 11.0. The number of unbranched alkanes of at least 4 members (excludes halogenated alkanes) is 2. The number of hydrogen-bond acceptors (Lipinski definition) is 5. The fraction of sp³-hybridized carbons (Fsp3) is 0.762. The fourth-order valence-corrected chi connectivity index (χ4v) is 3.44. The van der Waals surface area contributed by atoms with E-state index in [1.54, 1.807) is 0 Å². The van der Waals surface area contributed by atoms with Gasteiger partial charge in [0.15, 0.2) is 5.96 Å². The molecule has 2 N–H and O–H groups in total. The zero-order valence-corrected chi connectivity index (χ0v) is 18.0. The molecule has 1 aromatic rings. The molecular weight excluding hydrogens is 350 g/mol. The van der Waals surface area contributed by atoms with Crippen LogP contribution in [0.25, 0.3) is 0 Å². The van der Waals surface area contributed by atoms with Crippen molar-refractivity contribution in [2.75, 3.05) is 50.7 Å². The molecule has 1 aliphatic rings. The van der Waals surface area contributed by atoms with Gasteiger partial charge in [-0.3, -0.25) is 9.89 Å². The number of aliphatic imine (C=N–C) groups is 1. The van der Waals surface area contributed by atoms with Crippen LogP contribution in [0.5, 0.6) is 0 Å². The van der Waals surface area contributed by atoms with E-state index in [1.165, 1.54) is 25.7 Å². The zero-order chi connectivity index (χ0) is 20.0. The highest BCUT2D eigenvalue weighted by Gasteiger charge is 2.18. The molecule has 1 saturated heterocycles. The van der Waals surface area contributed by atoms with Crippen molar-refractivity contribution >= 4 is 11.9 Å². The predicted octanol–water partition coefficient (Wildman–Crippen LogP) is 2.51. The largest absolute Gasteiger partial charge is 0.357 e. The van der Waals surface area contributed by atoms with Crippen molar-refractivity contribution in [3.8, 4) is 0 Å². The van der Waals surface area contributed by atoms with Crippen LogP contribution in [0, 0.1) is 0 Å². The maximum Gasteiger partial charge on any atom is 0.225 e. The number of nitrogens with zero attached hydrogens (tertiary/aromatic N) is 5. The molecule has 7 nitrogen and oxygen atoms in total. The molecule has 0 bridgehead atoms. The maximum absolute atomic E-state index is 4.77. The molecule has 7 heteroatoms. The third-order valence-corrected chi connectivity index (χ3v) is 5.08. The van der Waals surface area contributed by atoms with E-state index >= 15 is 0 Å². The minimum atomic E-state index is 0.470. The van der Waals surface area contributed by atoms with E-state index in [0.29, 0.717) is 6.04 Å². The highest BCUT2D eigenvalue weighted by atomic mass is 15.3. The predicted molar refractivity (Wildman–Crippen MR) is 118 cm³/mol. The monoisotopic (exact) mass is 389 g/mol. The Morgan fingerprint density at radius 2 is 1.86 bits per heavy atom. The van der Waals surface area contributed by atoms with Gasteiger partial charge in [-0.25, -0.2) is 9.97 Å². The van der Waals surface area contributed by atoms with Gasteiger partial charge in [0.2, 0.25) is 5.95 Å². The number of guanidine groups is 1. The van der Waals surface area contributed by atoms with Crippen LogP contribution < -0.4 is 15.5 Å². The van der Waals surface area contributed by atoms with E-state index in [1.807, 2.05) is 18.5 Å². The Labute approximate surface area is 171 Å². The lowest BCUT2D eigenvalue weighted by Gasteiger charge is -2.34. The summed E-state index contributed by atoms with van der Waals surface area (Å²) in [6, 6.07) is 2.33. The third-order valence-electron chi connectivity index (χ3n) is 5.08. The van der Waals surface area contributed by atoms with Crippen molar-refractivity contribution in [3.63, 3.8) is 0 Å². The van der Waals surface area contributed by atoms with Crippen LogP contribution in [0.2, 0.25) is 0 Å². The molecule has 0 amide bonds. The van der Waals surface area contributed by atoms with Gasteiger partial charge in [-0.1, -0.05) is 26.2 Å². The van der Waals surface area contributed by atoms with Crippen LogP contribution in [0.4, 0.5) is 5.95 Å². The average molecular weight is 390 g/mol. The molecule has 1 fully saturated rings. The molecule has 0 saturated carbocycles. The van der Waals surface area contributed by atoms with E-state index < -0.39 is 0 Å². The Hall–Kier alpha value is -1.89. The second-order valence-corrected chi connectivity index (χ2v) is 7.53. The van der Waals surface area contributed by atoms with Crippen LogP contribution in [0.1, 0.15) is 52.9 Å². The van der Waals surface area contributed by atoms with Crippen LogP contribution in [0.15, 0.2) is 23.5 Å². The molecule has 2 heterocycles. The van der Waals surface area contributed by atoms with Gasteiger partial charge in [-0.05, 0) is 32.8 Å². The number of piperazine rings is 1. The third kappa shape index (κ3) is 8.42. The Balaban J connectivity index is 1.65. The van der Waals surface area contributed by atoms with Crippen LogP contribution in [-0.4, -0.2) is 72.7 Å². The molecule has 2 rings (SSSR count). The lowest BCUT2D eigenvalue weighted by atomic mass is 10.1. The summed E-state index contributed by atoms with van der Waals surface area (Å²) in [4.78, 5) is 18.3. The molecule has 0 spiro atoms. The first-order valence-electron chi connectivity index (χ1n) is 11.0. The number of nitrogens with one attached hydrogen (secondary N) is 2. The van der Waals surface area contributed by atoms with Gasteiger partial charge in [-0.2, -0.15) is 0 Å². The number of aromatic nitrogens is 2. The standard InChI is InChI=1S/C21H39N7/c1-4-6-7-10-19(3)26-20(22-5-2)23-13-9-14-27-15-17-28(18-16-27)21-24-11-8-12-25-21/h8,11-12,19H,4-7,9-10,13-18H2,1-3H3,(H2,22,23,26). The molecule has 1 aromatic heterocycles. The molecule has 0 aromatic carbocycles. The average Bonchev–Trinajstić information content (AvgIpc) is 2.72. The van der Waals surface area contributed by atoms with Crippen LogP contribution in [-0.2, 0) is 0 Å². The van der Waals surface area contributed by atoms with Gasteiger partial charge in [0.1, 0.15) is 0 Å². The summed E-state index contributed by atoms with van der Waals surface area (Å²) in [7, 11) is 0. The Kier molecular flexibility index (Phi) is 10.7. The molecular formula is C21H39N7. The SMILES string of the molecule is CCCCCC(C)NC(=NCCCN1CCN(c2ncccn2)CC1)NCC. The van der Waals surface area contributed by atoms with Gasteiger partial charge in [0.05, 0.1) is 0 Å². The van der Waals surface area contributed by atoms with Crippen molar-refractivity contribution in [2.45, 2.75) is 58.9 Å². The summed E-state index contributed by atoms with van der Waals surface area (Å²) >= 11 is 0. The normalized spacial score (nSPS) is 16.8. The van der Waals surface area contributed by atoms with E-state index in [9.17, 15) is 0 Å². The number of anilines is 1. The van der Waals surface area contributed by atoms with E-state index in [0.717, 1.165) is 64.1 Å². The highest BCUT2D eigenvalue weighted by Crippen LogP contribution is 2.09. The van der Waals surface area contributed by atoms with Crippen LogP contribution >= 0.6 is 0 Å². The van der Waals surface area contributed by atoms with E-state index in [-0.39, 0.29) is 0 Å². The lowest BCUT2D eigenvalue weighted by molar-refractivity contribution is 0.255. The first kappa shape index (κ1) is 22.4. The molecule has 1 atom stereocenters. The van der Waals surface area contributed by atoms with Crippen molar-refractivity contribution < 1.29 is 0 Å². The molecule has 1 aliphatic heterocycles. The maximum atomic E-state index is 4.77. The highest BCUT2D eigenvalue weighted by molar-refractivity contribution is 5.80. The lowest BCUT2D eigenvalue weighted by Crippen LogP contribution is -2.47. The minimum Gasteiger partial charge on any atom is -0.357 e. The molecule has 1 unspecified atom stereocenters. The Bertz CT molecular complexity index is 541. The number of hydrogen-bond donors (Lipinski definition) is 2. The first-order chi connectivity index (χ1) is 13.7. The molecule has 0 aliphatic carbocycles. The number of rotatable bonds is 11. The van der Waals surface area contributed by atoms with Crippen molar-refractivity contribution in [1.82, 2.24) is 25.5 Å². The van der Waals surface area contributed by atoms with Gasteiger partial charge in [0, 0.05) is 64.2 Å². The summed E-state index contributed by atoms with van der Waals surface area (Å²) in [6.45, 7) is 13.6. The Morgan fingerprint density at radius 3 is 2.54 bits per heavy atom. The summed E-state index contributed by atoms with van der Waals surface area (Å²) in [5.41, 5.74) is 0. The van der Waals surface area contributed by atoms with Gasteiger partial charge >= 0.3 is 0 Å². The summed E-state index contributed by atoms with van der Waals surface area (Å²) in [6.07, 6.45) is 9.78. The second-order valence-electron chi connectivity index (χ2n) is 7.53. The zero-order valence-electron chi connectivity index (χ0n) is 18.0. The van der Waals surface area contributed by atoms with E-state index in [4.69, 9.17) is 4.99 Å². The summed E-state index contributed by atoms with van der Waals surface area (Å²) < 4.78 is 0. The molecule has 28 heavy (non-hydrogen) atoms. The topological polar surface area (TPSA) is 68.7 Å². The summed E-state index contributed by atoms with van der Waals surface area (Å²) in [5, 5.41) is 6.91. The summed E-state index contributed by atoms with van der Waals surface area (Å²) in [5.74, 6) is 1.80. The fourth-order valence-electron chi connectivity index (χ4n) is 3.44. The van der Waals surface area contributed by atoms with Crippen molar-refractivity contribution in [1.29, 1.82) is 0 Å². The minimum absolute atomic E-state index is 0.470.